The van der Waals surface area contributed by atoms with Crippen LogP contribution in [0.5, 0.6) is 0 Å². The SMILES string of the molecule is BrCCCCCCCCCCCCc1ccc(N=Nc2ccccc2)cc1.N. The third-order valence-electron chi connectivity index (χ3n) is 4.82. The van der Waals surface area contributed by atoms with Crippen molar-refractivity contribution < 1.29 is 0 Å². The lowest BCUT2D eigenvalue weighted by Gasteiger charge is -2.03. The van der Waals surface area contributed by atoms with Gasteiger partial charge in [-0.15, -0.1) is 0 Å². The second-order valence-corrected chi connectivity index (χ2v) is 7.97. The molecule has 0 bridgehead atoms. The van der Waals surface area contributed by atoms with E-state index in [1.807, 2.05) is 30.3 Å². The number of aryl methyl sites for hydroxylation is 1. The van der Waals surface area contributed by atoms with Crippen LogP contribution in [0.1, 0.15) is 69.8 Å². The summed E-state index contributed by atoms with van der Waals surface area (Å²) in [6.07, 6.45) is 15.0. The third kappa shape index (κ3) is 11.4. The van der Waals surface area contributed by atoms with Gasteiger partial charge in [0.15, 0.2) is 0 Å². The summed E-state index contributed by atoms with van der Waals surface area (Å²) in [6, 6.07) is 18.4. The van der Waals surface area contributed by atoms with Gasteiger partial charge in [-0.2, -0.15) is 10.2 Å². The molecule has 2 rings (SSSR count). The van der Waals surface area contributed by atoms with Gasteiger partial charge in [0, 0.05) is 5.33 Å². The average molecular weight is 446 g/mol. The molecule has 0 unspecified atom stereocenters. The maximum Gasteiger partial charge on any atom is 0.0857 e. The van der Waals surface area contributed by atoms with Crippen molar-refractivity contribution in [3.05, 3.63) is 60.2 Å². The Hall–Kier alpha value is -1.52. The normalized spacial score (nSPS) is 10.9. The van der Waals surface area contributed by atoms with Crippen molar-refractivity contribution >= 4 is 27.3 Å². The van der Waals surface area contributed by atoms with Gasteiger partial charge in [0.25, 0.3) is 0 Å². The van der Waals surface area contributed by atoms with Gasteiger partial charge in [0.2, 0.25) is 0 Å². The molecule has 0 amide bonds. The number of nitrogens with zero attached hydrogens (tertiary/aromatic N) is 2. The topological polar surface area (TPSA) is 59.7 Å². The van der Waals surface area contributed by atoms with E-state index in [9.17, 15) is 0 Å². The van der Waals surface area contributed by atoms with Gasteiger partial charge in [-0.05, 0) is 49.1 Å². The summed E-state index contributed by atoms with van der Waals surface area (Å²) in [5.41, 5.74) is 3.21. The number of rotatable bonds is 14. The average Bonchev–Trinajstić information content (AvgIpc) is 2.72. The molecule has 0 spiro atoms. The minimum Gasteiger partial charge on any atom is -0.344 e. The Morgan fingerprint density at radius 1 is 0.536 bits per heavy atom. The molecule has 4 heteroatoms. The van der Waals surface area contributed by atoms with Gasteiger partial charge in [-0.1, -0.05) is 97.6 Å². The smallest absolute Gasteiger partial charge is 0.0857 e. The summed E-state index contributed by atoms with van der Waals surface area (Å²) >= 11 is 3.49. The standard InChI is InChI=1S/C24H33BrN2.H3N/c25-21-13-8-6-4-2-1-3-5-7-10-14-22-17-19-24(20-18-22)27-26-23-15-11-9-12-16-23;/h9,11-12,15-20H,1-8,10,13-14,21H2;1H3. The monoisotopic (exact) mass is 445 g/mol. The first-order chi connectivity index (χ1) is 13.4. The molecule has 0 aliphatic carbocycles. The van der Waals surface area contributed by atoms with Gasteiger partial charge in [-0.3, -0.25) is 0 Å². The minimum absolute atomic E-state index is 0. The van der Waals surface area contributed by atoms with Crippen molar-refractivity contribution in [2.24, 2.45) is 10.2 Å². The number of unbranched alkanes of at least 4 members (excludes halogenated alkanes) is 9. The first kappa shape index (κ1) is 24.5. The minimum atomic E-state index is 0. The van der Waals surface area contributed by atoms with Gasteiger partial charge >= 0.3 is 0 Å². The first-order valence-electron chi connectivity index (χ1n) is 10.5. The lowest BCUT2D eigenvalue weighted by Crippen LogP contribution is -1.86. The number of halogens is 1. The zero-order valence-electron chi connectivity index (χ0n) is 17.2. The highest BCUT2D eigenvalue weighted by atomic mass is 79.9. The van der Waals surface area contributed by atoms with E-state index in [4.69, 9.17) is 0 Å². The number of alkyl halides is 1. The molecule has 0 aliphatic rings. The van der Waals surface area contributed by atoms with Crippen molar-refractivity contribution in [1.82, 2.24) is 6.15 Å². The highest BCUT2D eigenvalue weighted by molar-refractivity contribution is 9.09. The van der Waals surface area contributed by atoms with Crippen LogP contribution in [-0.2, 0) is 6.42 Å². The maximum atomic E-state index is 4.30. The predicted octanol–water partition coefficient (Wildman–Crippen LogP) is 9.10. The Balaban J connectivity index is 0.00000392. The summed E-state index contributed by atoms with van der Waals surface area (Å²) in [4.78, 5) is 0. The predicted molar refractivity (Wildman–Crippen MR) is 126 cm³/mol. The van der Waals surface area contributed by atoms with E-state index in [1.54, 1.807) is 0 Å². The van der Waals surface area contributed by atoms with E-state index >= 15 is 0 Å². The van der Waals surface area contributed by atoms with E-state index in [1.165, 1.54) is 76.2 Å². The number of azo groups is 1. The molecule has 0 saturated heterocycles. The Bertz CT molecular complexity index is 626. The summed E-state index contributed by atoms with van der Waals surface area (Å²) in [6.45, 7) is 0. The Kier molecular flexibility index (Phi) is 14.4. The van der Waals surface area contributed by atoms with Crippen molar-refractivity contribution in [2.75, 3.05) is 5.33 Å². The molecule has 154 valence electrons. The van der Waals surface area contributed by atoms with Crippen LogP contribution in [0, 0.1) is 0 Å². The van der Waals surface area contributed by atoms with Crippen LogP contribution in [0.15, 0.2) is 64.8 Å². The lowest BCUT2D eigenvalue weighted by molar-refractivity contribution is 0.557. The van der Waals surface area contributed by atoms with Crippen LogP contribution in [0.4, 0.5) is 11.4 Å². The fraction of sp³-hybridized carbons (Fsp3) is 0.500. The van der Waals surface area contributed by atoms with Crippen molar-refractivity contribution in [3.63, 3.8) is 0 Å². The van der Waals surface area contributed by atoms with Gasteiger partial charge < -0.3 is 6.15 Å². The van der Waals surface area contributed by atoms with E-state index < -0.39 is 0 Å². The molecule has 3 nitrogen and oxygen atoms in total. The summed E-state index contributed by atoms with van der Waals surface area (Å²) in [5.74, 6) is 0. The van der Waals surface area contributed by atoms with E-state index in [-0.39, 0.29) is 6.15 Å². The first-order valence-corrected chi connectivity index (χ1v) is 11.6. The van der Waals surface area contributed by atoms with Crippen molar-refractivity contribution in [3.8, 4) is 0 Å². The molecule has 0 aliphatic heterocycles. The summed E-state index contributed by atoms with van der Waals surface area (Å²) in [5, 5.41) is 9.72. The molecule has 0 fully saturated rings. The Morgan fingerprint density at radius 3 is 1.54 bits per heavy atom. The molecule has 0 atom stereocenters. The molecular weight excluding hydrogens is 410 g/mol. The fourth-order valence-electron chi connectivity index (χ4n) is 3.18. The van der Waals surface area contributed by atoms with Crippen LogP contribution in [-0.4, -0.2) is 5.33 Å². The van der Waals surface area contributed by atoms with E-state index in [0.29, 0.717) is 0 Å². The van der Waals surface area contributed by atoms with Crippen LogP contribution < -0.4 is 6.15 Å². The molecule has 2 aromatic carbocycles. The second kappa shape index (κ2) is 16.4. The number of hydrogen-bond donors (Lipinski definition) is 1. The molecule has 2 aromatic rings. The molecule has 0 radical (unpaired) electrons. The molecular formula is C24H36BrN3. The van der Waals surface area contributed by atoms with Crippen LogP contribution in [0.25, 0.3) is 0 Å². The highest BCUT2D eigenvalue weighted by Gasteiger charge is 1.97. The summed E-state index contributed by atoms with van der Waals surface area (Å²) in [7, 11) is 0. The van der Waals surface area contributed by atoms with E-state index in [2.05, 4.69) is 50.4 Å². The van der Waals surface area contributed by atoms with E-state index in [0.717, 1.165) is 16.7 Å². The molecule has 0 heterocycles. The maximum absolute atomic E-state index is 4.30. The molecule has 28 heavy (non-hydrogen) atoms. The Labute approximate surface area is 179 Å². The lowest BCUT2D eigenvalue weighted by atomic mass is 10.0. The zero-order chi connectivity index (χ0) is 19.0. The van der Waals surface area contributed by atoms with Gasteiger partial charge in [-0.25, -0.2) is 0 Å². The van der Waals surface area contributed by atoms with Crippen molar-refractivity contribution in [1.29, 1.82) is 0 Å². The third-order valence-corrected chi connectivity index (χ3v) is 5.38. The second-order valence-electron chi connectivity index (χ2n) is 7.18. The zero-order valence-corrected chi connectivity index (χ0v) is 18.7. The van der Waals surface area contributed by atoms with Gasteiger partial charge in [0.05, 0.1) is 11.4 Å². The molecule has 0 saturated carbocycles. The van der Waals surface area contributed by atoms with Gasteiger partial charge in [0.1, 0.15) is 0 Å². The summed E-state index contributed by atoms with van der Waals surface area (Å²) < 4.78 is 0. The van der Waals surface area contributed by atoms with Crippen LogP contribution in [0.2, 0.25) is 0 Å². The van der Waals surface area contributed by atoms with Crippen LogP contribution >= 0.6 is 15.9 Å². The molecule has 0 aromatic heterocycles. The quantitative estimate of drug-likeness (QED) is 0.176. The largest absolute Gasteiger partial charge is 0.344 e. The number of benzene rings is 2. The Morgan fingerprint density at radius 2 is 1.00 bits per heavy atom. The highest BCUT2D eigenvalue weighted by Crippen LogP contribution is 2.19. The number of hydrogen-bond acceptors (Lipinski definition) is 3. The molecule has 3 N–H and O–H groups in total. The fourth-order valence-corrected chi connectivity index (χ4v) is 3.57. The van der Waals surface area contributed by atoms with Crippen molar-refractivity contribution in [2.45, 2.75) is 70.6 Å². The van der Waals surface area contributed by atoms with Crippen LogP contribution in [0.3, 0.4) is 0 Å².